The van der Waals surface area contributed by atoms with E-state index >= 15 is 0 Å². The SMILES string of the molecule is CC1=Nc2c(c(=O)[nH]n2C(C)C)[C@H](c2ccc(OCc3ccc(Cl)cc3)cc2)S1. The molecule has 1 aliphatic heterocycles. The van der Waals surface area contributed by atoms with Gasteiger partial charge in [0.2, 0.25) is 0 Å². The van der Waals surface area contributed by atoms with Crippen LogP contribution in [0.2, 0.25) is 5.02 Å². The summed E-state index contributed by atoms with van der Waals surface area (Å²) in [5.74, 6) is 1.51. The van der Waals surface area contributed by atoms with Crippen molar-refractivity contribution in [3.8, 4) is 5.75 Å². The third-order valence-corrected chi connectivity index (χ3v) is 6.20. The number of fused-ring (bicyclic) bond motifs is 1. The standard InChI is InChI=1S/C22H22ClN3O2S/c1-13(2)26-21-19(22(27)25-26)20(29-14(3)24-21)16-6-10-18(11-7-16)28-12-15-4-8-17(23)9-5-15/h4-11,13,20H,12H2,1-3H3,(H,25,27)/t20-/m0/s1. The zero-order chi connectivity index (χ0) is 20.5. The minimum Gasteiger partial charge on any atom is -0.489 e. The molecule has 0 aliphatic carbocycles. The fourth-order valence-electron chi connectivity index (χ4n) is 3.30. The van der Waals surface area contributed by atoms with Crippen LogP contribution in [0.25, 0.3) is 0 Å². The van der Waals surface area contributed by atoms with Gasteiger partial charge in [0.05, 0.1) is 15.9 Å². The Morgan fingerprint density at radius 3 is 2.52 bits per heavy atom. The molecule has 29 heavy (non-hydrogen) atoms. The van der Waals surface area contributed by atoms with Gasteiger partial charge in [-0.25, -0.2) is 4.99 Å². The van der Waals surface area contributed by atoms with Gasteiger partial charge < -0.3 is 4.74 Å². The van der Waals surface area contributed by atoms with Crippen molar-refractivity contribution >= 4 is 34.2 Å². The Hall–Kier alpha value is -2.44. The van der Waals surface area contributed by atoms with Crippen molar-refractivity contribution < 1.29 is 4.74 Å². The number of halogens is 1. The molecule has 1 aliphatic rings. The summed E-state index contributed by atoms with van der Waals surface area (Å²) >= 11 is 7.52. The van der Waals surface area contributed by atoms with E-state index in [9.17, 15) is 4.79 Å². The second-order valence-corrected chi connectivity index (χ2v) is 8.99. The Kier molecular flexibility index (Phi) is 5.56. The van der Waals surface area contributed by atoms with Crippen LogP contribution in [-0.4, -0.2) is 14.8 Å². The van der Waals surface area contributed by atoms with Gasteiger partial charge in [-0.3, -0.25) is 14.6 Å². The van der Waals surface area contributed by atoms with Gasteiger partial charge in [0.15, 0.2) is 5.82 Å². The molecule has 1 N–H and O–H groups in total. The van der Waals surface area contributed by atoms with Crippen molar-refractivity contribution in [1.82, 2.24) is 9.78 Å². The normalized spacial score (nSPS) is 15.9. The second-order valence-electron chi connectivity index (χ2n) is 7.25. The van der Waals surface area contributed by atoms with E-state index in [2.05, 4.69) is 10.1 Å². The van der Waals surface area contributed by atoms with Crippen LogP contribution in [0.15, 0.2) is 58.3 Å². The van der Waals surface area contributed by atoms with Crippen LogP contribution in [-0.2, 0) is 6.61 Å². The molecule has 0 amide bonds. The van der Waals surface area contributed by atoms with Crippen molar-refractivity contribution in [2.45, 2.75) is 38.7 Å². The fraction of sp³-hybridized carbons (Fsp3) is 0.273. The lowest BCUT2D eigenvalue weighted by Gasteiger charge is -2.21. The lowest BCUT2D eigenvalue weighted by molar-refractivity contribution is 0.306. The van der Waals surface area contributed by atoms with E-state index in [-0.39, 0.29) is 16.9 Å². The number of nitrogens with one attached hydrogen (secondary N) is 1. The predicted octanol–water partition coefficient (Wildman–Crippen LogP) is 5.88. The van der Waals surface area contributed by atoms with Crippen LogP contribution in [0.4, 0.5) is 5.82 Å². The van der Waals surface area contributed by atoms with Crippen molar-refractivity contribution in [2.75, 3.05) is 0 Å². The molecule has 7 heteroatoms. The van der Waals surface area contributed by atoms with Crippen molar-refractivity contribution in [2.24, 2.45) is 4.99 Å². The summed E-state index contributed by atoms with van der Waals surface area (Å²) in [6.07, 6.45) is 0. The number of thioether (sulfide) groups is 1. The van der Waals surface area contributed by atoms with Gasteiger partial charge in [0.1, 0.15) is 12.4 Å². The number of rotatable bonds is 5. The van der Waals surface area contributed by atoms with Crippen LogP contribution in [0.5, 0.6) is 5.75 Å². The molecule has 0 saturated heterocycles. The van der Waals surface area contributed by atoms with Crippen molar-refractivity contribution in [3.05, 3.63) is 80.6 Å². The predicted molar refractivity (Wildman–Crippen MR) is 120 cm³/mol. The number of benzene rings is 2. The molecule has 0 radical (unpaired) electrons. The topological polar surface area (TPSA) is 59.4 Å². The van der Waals surface area contributed by atoms with E-state index in [4.69, 9.17) is 16.3 Å². The number of aliphatic imine (C=N–C) groups is 1. The third kappa shape index (κ3) is 4.14. The van der Waals surface area contributed by atoms with Gasteiger partial charge in [-0.05, 0) is 56.2 Å². The number of H-pyrrole nitrogens is 1. The van der Waals surface area contributed by atoms with Crippen LogP contribution in [0.3, 0.4) is 0 Å². The smallest absolute Gasteiger partial charge is 0.271 e. The summed E-state index contributed by atoms with van der Waals surface area (Å²) in [5.41, 5.74) is 2.74. The van der Waals surface area contributed by atoms with Crippen molar-refractivity contribution in [3.63, 3.8) is 0 Å². The summed E-state index contributed by atoms with van der Waals surface area (Å²) in [6, 6.07) is 15.7. The van der Waals surface area contributed by atoms with Gasteiger partial charge >= 0.3 is 0 Å². The summed E-state index contributed by atoms with van der Waals surface area (Å²) in [5, 5.41) is 4.50. The highest BCUT2D eigenvalue weighted by atomic mass is 35.5. The van der Waals surface area contributed by atoms with Gasteiger partial charge in [0, 0.05) is 11.1 Å². The second kappa shape index (κ2) is 8.13. The molecule has 1 aromatic heterocycles. The Balaban J connectivity index is 1.56. The number of aromatic nitrogens is 2. The highest BCUT2D eigenvalue weighted by molar-refractivity contribution is 8.14. The first kappa shape index (κ1) is 19.9. The lowest BCUT2D eigenvalue weighted by atomic mass is 10.1. The first-order chi connectivity index (χ1) is 13.9. The molecule has 1 atom stereocenters. The highest BCUT2D eigenvalue weighted by Gasteiger charge is 2.30. The molecule has 0 fully saturated rings. The molecule has 0 unspecified atom stereocenters. The van der Waals surface area contributed by atoms with Gasteiger partial charge in [-0.2, -0.15) is 0 Å². The first-order valence-electron chi connectivity index (χ1n) is 9.46. The monoisotopic (exact) mass is 427 g/mol. The molecule has 0 bridgehead atoms. The number of ether oxygens (including phenoxy) is 1. The third-order valence-electron chi connectivity index (χ3n) is 4.77. The highest BCUT2D eigenvalue weighted by Crippen LogP contribution is 2.44. The maximum absolute atomic E-state index is 12.6. The molecule has 3 aromatic rings. The molecule has 150 valence electrons. The Morgan fingerprint density at radius 2 is 1.86 bits per heavy atom. The zero-order valence-electron chi connectivity index (χ0n) is 16.5. The van der Waals surface area contributed by atoms with E-state index in [1.165, 1.54) is 0 Å². The molecular formula is C22H22ClN3O2S. The van der Waals surface area contributed by atoms with E-state index in [0.717, 1.165) is 27.7 Å². The van der Waals surface area contributed by atoms with Gasteiger partial charge in [-0.15, -0.1) is 0 Å². The molecule has 0 saturated carbocycles. The number of hydrogen-bond donors (Lipinski definition) is 1. The number of aromatic amines is 1. The van der Waals surface area contributed by atoms with Gasteiger partial charge in [0.25, 0.3) is 5.56 Å². The van der Waals surface area contributed by atoms with Gasteiger partial charge in [-0.1, -0.05) is 47.6 Å². The van der Waals surface area contributed by atoms with E-state index in [0.29, 0.717) is 17.2 Å². The van der Waals surface area contributed by atoms with Crippen LogP contribution in [0.1, 0.15) is 48.8 Å². The maximum atomic E-state index is 12.6. The summed E-state index contributed by atoms with van der Waals surface area (Å²) < 4.78 is 7.72. The quantitative estimate of drug-likeness (QED) is 0.553. The Morgan fingerprint density at radius 1 is 1.17 bits per heavy atom. The number of hydrogen-bond acceptors (Lipinski definition) is 4. The summed E-state index contributed by atoms with van der Waals surface area (Å²) in [4.78, 5) is 17.3. The average Bonchev–Trinajstić information content (AvgIpc) is 3.04. The molecule has 4 rings (SSSR count). The first-order valence-corrected chi connectivity index (χ1v) is 10.7. The summed E-state index contributed by atoms with van der Waals surface area (Å²) in [7, 11) is 0. The van der Waals surface area contributed by atoms with E-state index < -0.39 is 0 Å². The molecule has 5 nitrogen and oxygen atoms in total. The molecule has 2 heterocycles. The molecule has 2 aromatic carbocycles. The minimum absolute atomic E-state index is 0.0782. The number of nitrogens with zero attached hydrogens (tertiary/aromatic N) is 2. The lowest BCUT2D eigenvalue weighted by Crippen LogP contribution is -2.13. The van der Waals surface area contributed by atoms with E-state index in [1.807, 2.05) is 74.0 Å². The van der Waals surface area contributed by atoms with Crippen LogP contribution >= 0.6 is 23.4 Å². The zero-order valence-corrected chi connectivity index (χ0v) is 18.1. The van der Waals surface area contributed by atoms with E-state index in [1.54, 1.807) is 11.8 Å². The van der Waals surface area contributed by atoms with Crippen molar-refractivity contribution in [1.29, 1.82) is 0 Å². The Bertz CT molecular complexity index is 1100. The maximum Gasteiger partial charge on any atom is 0.271 e. The minimum atomic E-state index is -0.0865. The average molecular weight is 428 g/mol. The molecular weight excluding hydrogens is 406 g/mol. The Labute approximate surface area is 178 Å². The summed E-state index contributed by atoms with van der Waals surface area (Å²) in [6.45, 7) is 6.52. The largest absolute Gasteiger partial charge is 0.489 e. The fourth-order valence-corrected chi connectivity index (χ4v) is 4.53. The van der Waals surface area contributed by atoms with Crippen LogP contribution < -0.4 is 10.3 Å². The van der Waals surface area contributed by atoms with Crippen LogP contribution in [0, 0.1) is 0 Å². The molecule has 0 spiro atoms.